The lowest BCUT2D eigenvalue weighted by Crippen LogP contribution is -2.41. The molecule has 0 radical (unpaired) electrons. The monoisotopic (exact) mass is 722 g/mol. The molecule has 0 spiro atoms. The van der Waals surface area contributed by atoms with Crippen LogP contribution in [0.5, 0.6) is 0 Å². The van der Waals surface area contributed by atoms with Crippen molar-refractivity contribution in [3.63, 3.8) is 0 Å². The molecule has 4 fully saturated rings. The predicted molar refractivity (Wildman–Crippen MR) is 175 cm³/mol. The maximum absolute atomic E-state index is 11.6. The van der Waals surface area contributed by atoms with Gasteiger partial charge >= 0.3 is 6.09 Å². The summed E-state index contributed by atoms with van der Waals surface area (Å²) in [6.45, 7) is 6.04. The molecule has 0 aromatic heterocycles. The van der Waals surface area contributed by atoms with Crippen LogP contribution in [0.1, 0.15) is 96.1 Å². The average molecular weight is 723 g/mol. The van der Waals surface area contributed by atoms with E-state index >= 15 is 0 Å². The summed E-state index contributed by atoms with van der Waals surface area (Å²) in [5, 5.41) is 16.2. The Hall–Kier alpha value is -2.58. The lowest BCUT2D eigenvalue weighted by Gasteiger charge is -2.25. The Morgan fingerprint density at radius 3 is 1.82 bits per heavy atom. The van der Waals surface area contributed by atoms with Crippen LogP contribution in [0.25, 0.3) is 0 Å². The Bertz CT molecular complexity index is 1040. The highest BCUT2D eigenvalue weighted by Gasteiger charge is 2.35. The number of ether oxygens (including phenoxy) is 2. The Balaban J connectivity index is -0.000000531. The van der Waals surface area contributed by atoms with Crippen molar-refractivity contribution in [2.24, 2.45) is 0 Å². The second kappa shape index (κ2) is 26.6. The van der Waals surface area contributed by atoms with Gasteiger partial charge in [-0.1, -0.05) is 7.43 Å². The van der Waals surface area contributed by atoms with Gasteiger partial charge in [0.2, 0.25) is 23.6 Å². The third-order valence-corrected chi connectivity index (χ3v) is 5.48. The van der Waals surface area contributed by atoms with Crippen LogP contribution in [0.3, 0.4) is 0 Å². The number of nitrogens with zero attached hydrogens (tertiary/aromatic N) is 1. The van der Waals surface area contributed by atoms with E-state index < -0.39 is 11.7 Å². The van der Waals surface area contributed by atoms with Crippen LogP contribution in [0.2, 0.25) is 0 Å². The molecule has 0 aliphatic carbocycles. The van der Waals surface area contributed by atoms with Gasteiger partial charge in [0.25, 0.3) is 6.47 Å². The fourth-order valence-electron chi connectivity index (χ4n) is 3.55. The fourth-order valence-corrected chi connectivity index (χ4v) is 3.55. The number of likely N-dealkylation sites (tertiary alicyclic amines) is 1. The van der Waals surface area contributed by atoms with E-state index in [9.17, 15) is 28.8 Å². The van der Waals surface area contributed by atoms with E-state index in [1.54, 1.807) is 20.8 Å². The summed E-state index contributed by atoms with van der Waals surface area (Å²) >= 11 is 0. The van der Waals surface area contributed by atoms with Gasteiger partial charge in [-0.2, -0.15) is 0 Å². The van der Waals surface area contributed by atoms with Gasteiger partial charge in [0.15, 0.2) is 6.23 Å². The van der Waals surface area contributed by atoms with Gasteiger partial charge in [0.05, 0.1) is 12.6 Å². The van der Waals surface area contributed by atoms with E-state index in [1.807, 2.05) is 0 Å². The quantitative estimate of drug-likeness (QED) is 0.244. The summed E-state index contributed by atoms with van der Waals surface area (Å²) in [6, 6.07) is -0.141. The van der Waals surface area contributed by atoms with E-state index in [-0.39, 0.29) is 68.9 Å². The summed E-state index contributed by atoms with van der Waals surface area (Å²) in [7, 11) is 5.70. The van der Waals surface area contributed by atoms with E-state index in [0.29, 0.717) is 73.6 Å². The number of imide groups is 1. The van der Waals surface area contributed by atoms with E-state index in [2.05, 4.69) is 36.7 Å². The molecule has 260 valence electrons. The minimum absolute atomic E-state index is 0. The van der Waals surface area contributed by atoms with Crippen LogP contribution in [0.4, 0.5) is 4.79 Å². The van der Waals surface area contributed by atoms with Crippen LogP contribution >= 0.6 is 16.0 Å². The van der Waals surface area contributed by atoms with Gasteiger partial charge in [0, 0.05) is 46.9 Å². The zero-order valence-corrected chi connectivity index (χ0v) is 28.6. The number of carbonyl (C=O) groups is 6. The predicted octanol–water partition coefficient (Wildman–Crippen LogP) is 2.02. The number of hydrogen-bond donors (Lipinski definition) is 4. The molecule has 0 aromatic rings. The molecular weight excluding hydrogens is 670 g/mol. The number of aliphatic hydroxyl groups is 1. The largest absolute Gasteiger partial charge is 0.444 e. The van der Waals surface area contributed by atoms with Crippen molar-refractivity contribution in [2.45, 2.75) is 123 Å². The van der Waals surface area contributed by atoms with Crippen molar-refractivity contribution in [2.75, 3.05) is 6.61 Å². The Labute approximate surface area is 278 Å². The molecule has 45 heavy (non-hydrogen) atoms. The summed E-state index contributed by atoms with van der Waals surface area (Å²) in [5.41, 5.74) is -0.605. The highest BCUT2D eigenvalue weighted by atomic mass is 32.4. The first-order chi connectivity index (χ1) is 21.7. The van der Waals surface area contributed by atoms with Crippen molar-refractivity contribution in [3.05, 3.63) is 0 Å². The number of hydrogen-bond acceptors (Lipinski definition) is 11. The second-order valence-electron chi connectivity index (χ2n) is 10.2. The Kier molecular flexibility index (Phi) is 25.1. The molecule has 15 nitrogen and oxygen atoms in total. The molecule has 0 aromatic carbocycles. The van der Waals surface area contributed by atoms with Crippen LogP contribution in [0.15, 0.2) is 0 Å². The Morgan fingerprint density at radius 2 is 1.49 bits per heavy atom. The standard InChI is InChI=1S/C10H17NO3.C5H7NO3.C5H9NO2.C5H9NO.CH4.2HOPS/c1-7-5-6-8(12)11(7)9(13)14-10(2,3)4;7-3-9-5-2-1-4(8)6-5;7-3-4-1-2-5(8)6-4;1-4-2-3-5(7)6-4;;2*1-3-2/h7H,5-6H2,1-4H3;3,5H,1-2H2,(H,6,8);4,7H,1-3H2,(H,6,8);4H,2-3H2,1H3,(H,6,7);1H4;2*2H/t7-;5-;2*4-;;;/m1101.../s1/i1T;;;1T;;;. The number of amides is 5. The van der Waals surface area contributed by atoms with E-state index in [1.165, 1.54) is 0 Å². The molecule has 4 saturated heterocycles. The van der Waals surface area contributed by atoms with Crippen molar-refractivity contribution in [1.82, 2.24) is 20.9 Å². The molecule has 0 bridgehead atoms. The molecule has 4 atom stereocenters. The average Bonchev–Trinajstić information content (AvgIpc) is 3.78. The second-order valence-corrected chi connectivity index (χ2v) is 11.6. The van der Waals surface area contributed by atoms with Crippen LogP contribution < -0.4 is 16.0 Å². The van der Waals surface area contributed by atoms with Crippen molar-refractivity contribution < 1.29 is 54.5 Å². The first kappa shape index (κ1) is 42.4. The molecule has 19 heteroatoms. The first-order valence-electron chi connectivity index (χ1n) is 14.7. The van der Waals surface area contributed by atoms with Gasteiger partial charge in [0.1, 0.15) is 27.3 Å². The van der Waals surface area contributed by atoms with Gasteiger partial charge in [-0.15, -0.1) is 0 Å². The molecule has 4 heterocycles. The molecule has 4 aliphatic heterocycles. The zero-order valence-electron chi connectivity index (χ0n) is 27.0. The number of rotatable bonds is 3. The molecule has 0 unspecified atom stereocenters. The summed E-state index contributed by atoms with van der Waals surface area (Å²) < 4.78 is 41.2. The fraction of sp³-hybridized carbons (Fsp3) is 0.769. The maximum atomic E-state index is 11.6. The molecule has 5 amide bonds. The Morgan fingerprint density at radius 1 is 0.956 bits per heavy atom. The lowest BCUT2D eigenvalue weighted by atomic mass is 10.2. The maximum Gasteiger partial charge on any atom is 0.417 e. The van der Waals surface area contributed by atoms with Crippen molar-refractivity contribution >= 4 is 73.9 Å². The molecular formula is C26H48N4O11P2S2. The summed E-state index contributed by atoms with van der Waals surface area (Å²) in [4.78, 5) is 65.1. The highest BCUT2D eigenvalue weighted by Crippen LogP contribution is 2.21. The lowest BCUT2D eigenvalue weighted by molar-refractivity contribution is -0.135. The first-order valence-corrected chi connectivity index (χ1v) is 17.2. The smallest absolute Gasteiger partial charge is 0.417 e. The minimum atomic E-state index is -0.623. The van der Waals surface area contributed by atoms with Crippen LogP contribution in [-0.4, -0.2) is 91.2 Å². The molecule has 4 aliphatic rings. The van der Waals surface area contributed by atoms with Gasteiger partial charge < -0.3 is 30.5 Å². The van der Waals surface area contributed by atoms with Gasteiger partial charge in [-0.25, -0.2) is 18.1 Å². The summed E-state index contributed by atoms with van der Waals surface area (Å²) in [5.74, 6) is -0.130. The van der Waals surface area contributed by atoms with Crippen LogP contribution in [-0.2, 0) is 55.1 Å². The SMILES string of the molecule is C.O=C1CC[C@@H](CO)N1.O=CO[C@@H]1CCC(=O)N1.O=S=P.O=S=P.[3H]C[C@@H]1CCC(=O)N1.[3H]C[C@@H]1CCC(=O)N1C(=O)OC(C)(C)C. The number of aliphatic hydroxyl groups excluding tert-OH is 1. The normalized spacial score (nSPS) is 23.0. The van der Waals surface area contributed by atoms with Crippen molar-refractivity contribution in [3.8, 4) is 0 Å². The van der Waals surface area contributed by atoms with Gasteiger partial charge in [-0.05, 0) is 69.9 Å². The van der Waals surface area contributed by atoms with E-state index in [0.717, 1.165) is 17.7 Å². The molecule has 4 N–H and O–H groups in total. The van der Waals surface area contributed by atoms with Crippen molar-refractivity contribution in [1.29, 1.82) is 0 Å². The highest BCUT2D eigenvalue weighted by molar-refractivity contribution is 7.93. The third-order valence-electron chi connectivity index (χ3n) is 5.48. The van der Waals surface area contributed by atoms with Gasteiger partial charge in [-0.3, -0.25) is 24.0 Å². The van der Waals surface area contributed by atoms with Crippen LogP contribution in [0, 0.1) is 0 Å². The van der Waals surface area contributed by atoms with E-state index in [4.69, 9.17) is 21.0 Å². The summed E-state index contributed by atoms with van der Waals surface area (Å²) in [6.07, 6.45) is 3.78. The zero-order chi connectivity index (χ0) is 35.7. The minimum Gasteiger partial charge on any atom is -0.444 e. The molecule has 4 rings (SSSR count). The number of carbonyl (C=O) groups excluding carboxylic acids is 6. The topological polar surface area (TPSA) is 215 Å². The third kappa shape index (κ3) is 24.3. The number of nitrogens with one attached hydrogen (secondary N) is 3. The molecule has 0 saturated carbocycles.